The Labute approximate surface area is 358 Å². The lowest BCUT2D eigenvalue weighted by molar-refractivity contribution is 0.669. The lowest BCUT2D eigenvalue weighted by atomic mass is 9.59. The van der Waals surface area contributed by atoms with Gasteiger partial charge in [0.1, 0.15) is 50.4 Å². The molecule has 0 fully saturated rings. The number of hydrogen-bond donors (Lipinski definition) is 0. The molecule has 11 aromatic rings. The molecule has 3 heterocycles. The predicted molar refractivity (Wildman–Crippen MR) is 256 cm³/mol. The first-order valence-corrected chi connectivity index (χ1v) is 19.8. The van der Waals surface area contributed by atoms with E-state index in [-0.39, 0.29) is 27.3 Å². The molecule has 0 aliphatic carbocycles. The molecule has 0 atom stereocenters. The third kappa shape index (κ3) is 6.04. The number of para-hydroxylation sites is 3. The van der Waals surface area contributed by atoms with E-state index < -0.39 is 0 Å². The minimum absolute atomic E-state index is 0.169. The number of rotatable bonds is 6. The second kappa shape index (κ2) is 14.5. The lowest BCUT2D eigenvalue weighted by Gasteiger charge is -2.21. The van der Waals surface area contributed by atoms with Gasteiger partial charge in [-0.05, 0) is 70.8 Å². The first-order chi connectivity index (χ1) is 29.8. The molecule has 272 valence electrons. The van der Waals surface area contributed by atoms with Crippen LogP contribution in [0.2, 0.25) is 0 Å². The van der Waals surface area contributed by atoms with Gasteiger partial charge in [0, 0.05) is 38.4 Å². The van der Waals surface area contributed by atoms with Crippen LogP contribution in [-0.4, -0.2) is 58.8 Å². The Morgan fingerprint density at radius 1 is 0.377 bits per heavy atom. The maximum Gasteiger partial charge on any atom is 0.167 e. The summed E-state index contributed by atoms with van der Waals surface area (Å²) in [7, 11) is 31.2. The minimum atomic E-state index is 0.169. The van der Waals surface area contributed by atoms with Crippen LogP contribution in [0.25, 0.3) is 106 Å². The third-order valence-corrected chi connectivity index (χ3v) is 11.6. The molecule has 10 radical (unpaired) electrons. The van der Waals surface area contributed by atoms with Crippen molar-refractivity contribution in [2.75, 3.05) is 0 Å². The van der Waals surface area contributed by atoms with Crippen molar-refractivity contribution in [3.8, 4) is 62.1 Å². The molecule has 8 aromatic carbocycles. The Hall–Kier alpha value is -7.31. The summed E-state index contributed by atoms with van der Waals surface area (Å²) in [5.41, 5.74) is 11.8. The van der Waals surface area contributed by atoms with Crippen LogP contribution in [0.1, 0.15) is 0 Å². The van der Waals surface area contributed by atoms with Gasteiger partial charge in [0.25, 0.3) is 0 Å². The molecule has 0 spiro atoms. The van der Waals surface area contributed by atoms with Crippen molar-refractivity contribution >= 4 is 110 Å². The van der Waals surface area contributed by atoms with Crippen LogP contribution in [0.15, 0.2) is 168 Å². The summed E-state index contributed by atoms with van der Waals surface area (Å²) >= 11 is 0. The Morgan fingerprint density at radius 2 is 0.902 bits per heavy atom. The van der Waals surface area contributed by atoms with Gasteiger partial charge >= 0.3 is 0 Å². The Bertz CT molecular complexity index is 3500. The standard InChI is InChI=1S/C51H27B5N4O/c52-43-42(44(53)46(55)47(56)45(43)54)28-18-20-30(21-19-28)50-57-49(29-10-3-1-4-11-29)58-51(59-50)36-16-9-15-35-38-27-32(23-25-41(38)61-48(35)36)31-22-24-40-37(26-31)34-14-7-8-17-39(34)60(40)33-12-5-2-6-13-33/h1-27H. The van der Waals surface area contributed by atoms with Crippen molar-refractivity contribution in [3.05, 3.63) is 164 Å². The van der Waals surface area contributed by atoms with Gasteiger partial charge in [0.2, 0.25) is 0 Å². The van der Waals surface area contributed by atoms with Gasteiger partial charge in [0.15, 0.2) is 17.5 Å². The van der Waals surface area contributed by atoms with Crippen LogP contribution in [0.4, 0.5) is 0 Å². The Morgan fingerprint density at radius 3 is 1.62 bits per heavy atom. The second-order valence-electron chi connectivity index (χ2n) is 15.1. The van der Waals surface area contributed by atoms with Crippen molar-refractivity contribution in [2.24, 2.45) is 0 Å². The van der Waals surface area contributed by atoms with Gasteiger partial charge < -0.3 is 8.98 Å². The third-order valence-electron chi connectivity index (χ3n) is 11.6. The average molecular weight is 766 g/mol. The van der Waals surface area contributed by atoms with Crippen LogP contribution in [0.5, 0.6) is 0 Å². The van der Waals surface area contributed by atoms with Gasteiger partial charge in [-0.1, -0.05) is 126 Å². The summed E-state index contributed by atoms with van der Waals surface area (Å²) in [5, 5.41) is 4.35. The highest BCUT2D eigenvalue weighted by molar-refractivity contribution is 6.68. The van der Waals surface area contributed by atoms with Gasteiger partial charge in [-0.2, -0.15) is 0 Å². The van der Waals surface area contributed by atoms with Gasteiger partial charge in [0.05, 0.1) is 16.6 Å². The molecule has 0 aliphatic heterocycles. The quantitative estimate of drug-likeness (QED) is 0.169. The van der Waals surface area contributed by atoms with E-state index in [9.17, 15) is 0 Å². The number of hydrogen-bond acceptors (Lipinski definition) is 4. The molecular weight excluding hydrogens is 739 g/mol. The van der Waals surface area contributed by atoms with Gasteiger partial charge in [-0.15, -0.1) is 16.4 Å². The fourth-order valence-corrected chi connectivity index (χ4v) is 8.45. The molecule has 0 unspecified atom stereocenters. The average Bonchev–Trinajstić information content (AvgIpc) is 3.86. The summed E-state index contributed by atoms with van der Waals surface area (Å²) in [5.74, 6) is 1.48. The maximum atomic E-state index is 6.66. The minimum Gasteiger partial charge on any atom is -0.455 e. The molecule has 5 nitrogen and oxygen atoms in total. The van der Waals surface area contributed by atoms with Crippen molar-refractivity contribution in [1.29, 1.82) is 0 Å². The van der Waals surface area contributed by atoms with E-state index in [2.05, 4.69) is 89.5 Å². The lowest BCUT2D eigenvalue weighted by Crippen LogP contribution is -2.55. The Balaban J connectivity index is 1.02. The Kier molecular flexibility index (Phi) is 8.71. The van der Waals surface area contributed by atoms with E-state index >= 15 is 0 Å². The molecule has 0 saturated carbocycles. The fraction of sp³-hybridized carbons (Fsp3) is 0. The van der Waals surface area contributed by atoms with Crippen molar-refractivity contribution < 1.29 is 4.42 Å². The van der Waals surface area contributed by atoms with Crippen LogP contribution < -0.4 is 27.3 Å². The second-order valence-corrected chi connectivity index (χ2v) is 15.1. The number of furan rings is 1. The van der Waals surface area contributed by atoms with Gasteiger partial charge in [-0.25, -0.2) is 15.0 Å². The zero-order valence-electron chi connectivity index (χ0n) is 32.7. The van der Waals surface area contributed by atoms with Crippen molar-refractivity contribution in [2.45, 2.75) is 0 Å². The smallest absolute Gasteiger partial charge is 0.167 e. The van der Waals surface area contributed by atoms with Crippen LogP contribution in [0, 0.1) is 0 Å². The van der Waals surface area contributed by atoms with E-state index in [1.54, 1.807) is 0 Å². The largest absolute Gasteiger partial charge is 0.455 e. The number of benzene rings is 8. The maximum absolute atomic E-state index is 6.66. The normalized spacial score (nSPS) is 11.6. The van der Waals surface area contributed by atoms with E-state index in [0.29, 0.717) is 28.6 Å². The molecule has 11 rings (SSSR count). The summed E-state index contributed by atoms with van der Waals surface area (Å²) in [4.78, 5) is 15.0. The monoisotopic (exact) mass is 766 g/mol. The van der Waals surface area contributed by atoms with Crippen LogP contribution in [0.3, 0.4) is 0 Å². The predicted octanol–water partition coefficient (Wildman–Crippen LogP) is 7.17. The summed E-state index contributed by atoms with van der Waals surface area (Å²) < 4.78 is 8.99. The highest BCUT2D eigenvalue weighted by Crippen LogP contribution is 2.39. The zero-order valence-corrected chi connectivity index (χ0v) is 32.7. The van der Waals surface area contributed by atoms with Crippen LogP contribution in [-0.2, 0) is 0 Å². The number of nitrogens with zero attached hydrogens (tertiary/aromatic N) is 4. The molecule has 10 heteroatoms. The molecule has 3 aromatic heterocycles. The first kappa shape index (κ1) is 36.8. The van der Waals surface area contributed by atoms with Crippen molar-refractivity contribution in [3.63, 3.8) is 0 Å². The van der Waals surface area contributed by atoms with E-state index in [1.165, 1.54) is 16.3 Å². The number of aromatic nitrogens is 4. The SMILES string of the molecule is [B]c1c([B])c([B])c(-c2ccc(-c3nc(-c4ccccc4)nc(-c4cccc5c4oc4ccc(-c6ccc7c(c6)c6ccccc6n7-c6ccccc6)cc45)n3)cc2)c([B])c1[B]. The first-order valence-electron chi connectivity index (χ1n) is 19.8. The fourth-order valence-electron chi connectivity index (χ4n) is 8.45. The topological polar surface area (TPSA) is 56.7 Å². The molecule has 0 saturated heterocycles. The molecule has 0 N–H and O–H groups in total. The summed E-state index contributed by atoms with van der Waals surface area (Å²) in [6.45, 7) is 0. The van der Waals surface area contributed by atoms with E-state index in [1.807, 2.05) is 78.9 Å². The zero-order chi connectivity index (χ0) is 41.4. The molecule has 61 heavy (non-hydrogen) atoms. The number of fused-ring (bicyclic) bond motifs is 6. The highest BCUT2D eigenvalue weighted by Gasteiger charge is 2.20. The van der Waals surface area contributed by atoms with Gasteiger partial charge in [-0.3, -0.25) is 0 Å². The molecule has 0 aliphatic rings. The van der Waals surface area contributed by atoms with Crippen molar-refractivity contribution in [1.82, 2.24) is 19.5 Å². The van der Waals surface area contributed by atoms with E-state index in [4.69, 9.17) is 58.6 Å². The molecular formula is C51H27B5N4O. The summed E-state index contributed by atoms with van der Waals surface area (Å²) in [6, 6.07) is 55.7. The molecule has 0 bridgehead atoms. The summed E-state index contributed by atoms with van der Waals surface area (Å²) in [6.07, 6.45) is 0. The van der Waals surface area contributed by atoms with E-state index in [0.717, 1.165) is 60.9 Å². The van der Waals surface area contributed by atoms with Crippen LogP contribution >= 0.6 is 0 Å². The molecule has 0 amide bonds. The highest BCUT2D eigenvalue weighted by atomic mass is 16.3.